The van der Waals surface area contributed by atoms with Crippen LogP contribution in [0.1, 0.15) is 32.1 Å². The van der Waals surface area contributed by atoms with E-state index in [0.717, 1.165) is 33.7 Å². The van der Waals surface area contributed by atoms with Crippen molar-refractivity contribution in [1.29, 1.82) is 0 Å². The van der Waals surface area contributed by atoms with Crippen molar-refractivity contribution in [2.24, 2.45) is 0 Å². The quantitative estimate of drug-likeness (QED) is 0.122. The number of carbonyl (C=O) groups is 2. The monoisotopic (exact) mass is 798 g/mol. The highest BCUT2D eigenvalue weighted by Gasteiger charge is 2.26. The molecule has 0 aliphatic rings. The van der Waals surface area contributed by atoms with Crippen LogP contribution in [0.5, 0.6) is 0 Å². The Morgan fingerprint density at radius 1 is 0.518 bits per heavy atom. The number of pyridine rings is 2. The van der Waals surface area contributed by atoms with Gasteiger partial charge in [-0.25, -0.2) is 0 Å². The molecular weight excluding hydrogens is 769 g/mol. The Morgan fingerprint density at radius 3 is 1.25 bits per heavy atom. The van der Waals surface area contributed by atoms with Gasteiger partial charge in [-0.15, -0.1) is 9.46 Å². The predicted molar refractivity (Wildman–Crippen MR) is 202 cm³/mol. The van der Waals surface area contributed by atoms with Gasteiger partial charge in [0.1, 0.15) is 34.4 Å². The zero-order valence-electron chi connectivity index (χ0n) is 28.8. The molecule has 56 heavy (non-hydrogen) atoms. The van der Waals surface area contributed by atoms with Crippen LogP contribution in [0, 0.1) is 0 Å². The SMILES string of the molecule is O=C(Nc1ccc(-c2ccc(NC(=O)c3cccc(=O)n3OCc3ccccc3)cc2S(=O)(=O)O)c(S(=O)(=O)O)c1)c1cccc(=O)n1OCc1ccccc1. The van der Waals surface area contributed by atoms with Crippen molar-refractivity contribution < 1.29 is 45.2 Å². The summed E-state index contributed by atoms with van der Waals surface area (Å²) in [5.41, 5.74) is -1.67. The van der Waals surface area contributed by atoms with Crippen molar-refractivity contribution in [2.45, 2.75) is 23.0 Å². The van der Waals surface area contributed by atoms with Gasteiger partial charge in [0.05, 0.1) is 0 Å². The molecule has 4 N–H and O–H groups in total. The van der Waals surface area contributed by atoms with E-state index < -0.39 is 64.1 Å². The fraction of sp³-hybridized carbons (Fsp3) is 0.0526. The first-order valence-corrected chi connectivity index (χ1v) is 19.2. The summed E-state index contributed by atoms with van der Waals surface area (Å²) < 4.78 is 72.6. The summed E-state index contributed by atoms with van der Waals surface area (Å²) in [6.45, 7) is -0.136. The van der Waals surface area contributed by atoms with Gasteiger partial charge in [0.2, 0.25) is 0 Å². The van der Waals surface area contributed by atoms with Crippen LogP contribution in [0.15, 0.2) is 153 Å². The number of carbonyl (C=O) groups excluding carboxylic acids is 2. The minimum absolute atomic E-state index is 0.0678. The molecule has 0 spiro atoms. The first-order chi connectivity index (χ1) is 26.7. The Morgan fingerprint density at radius 2 is 0.893 bits per heavy atom. The molecular formula is C38H30N4O12S2. The summed E-state index contributed by atoms with van der Waals surface area (Å²) >= 11 is 0. The maximum Gasteiger partial charge on any atom is 0.295 e. The highest BCUT2D eigenvalue weighted by Crippen LogP contribution is 2.36. The third-order valence-electron chi connectivity index (χ3n) is 8.02. The van der Waals surface area contributed by atoms with Gasteiger partial charge in [0.15, 0.2) is 0 Å². The zero-order valence-corrected chi connectivity index (χ0v) is 30.4. The fourth-order valence-corrected chi connectivity index (χ4v) is 6.91. The smallest absolute Gasteiger partial charge is 0.295 e. The van der Waals surface area contributed by atoms with Gasteiger partial charge in [-0.3, -0.25) is 28.3 Å². The summed E-state index contributed by atoms with van der Waals surface area (Å²) in [7, 11) is -10.3. The fourth-order valence-electron chi connectivity index (χ4n) is 5.44. The minimum atomic E-state index is -5.14. The summed E-state index contributed by atoms with van der Waals surface area (Å²) in [5, 5.41) is 4.86. The number of nitrogens with one attached hydrogen (secondary N) is 2. The summed E-state index contributed by atoms with van der Waals surface area (Å²) in [6, 6.07) is 31.3. The first kappa shape index (κ1) is 38.9. The molecule has 2 aromatic heterocycles. The third-order valence-corrected chi connectivity index (χ3v) is 9.81. The molecule has 0 aliphatic carbocycles. The second-order valence-corrected chi connectivity index (χ2v) is 14.7. The first-order valence-electron chi connectivity index (χ1n) is 16.3. The van der Waals surface area contributed by atoms with E-state index in [1.165, 1.54) is 48.5 Å². The average Bonchev–Trinajstić information content (AvgIpc) is 3.17. The molecule has 0 saturated heterocycles. The Kier molecular flexibility index (Phi) is 11.3. The zero-order chi connectivity index (χ0) is 40.0. The van der Waals surface area contributed by atoms with Crippen LogP contribution in [0.4, 0.5) is 11.4 Å². The summed E-state index contributed by atoms with van der Waals surface area (Å²) in [5.74, 6) is -1.81. The molecule has 0 bridgehead atoms. The average molecular weight is 799 g/mol. The molecule has 4 aromatic carbocycles. The molecule has 18 heteroatoms. The van der Waals surface area contributed by atoms with E-state index in [2.05, 4.69) is 10.6 Å². The third kappa shape index (κ3) is 9.08. The number of anilines is 2. The number of hydrogen-bond donors (Lipinski definition) is 4. The van der Waals surface area contributed by atoms with Gasteiger partial charge in [0, 0.05) is 34.6 Å². The lowest BCUT2D eigenvalue weighted by Crippen LogP contribution is -2.32. The Hall–Kier alpha value is -6.86. The Labute approximate surface area is 318 Å². The molecule has 16 nitrogen and oxygen atoms in total. The normalized spacial score (nSPS) is 11.4. The maximum atomic E-state index is 13.3. The van der Waals surface area contributed by atoms with Crippen LogP contribution < -0.4 is 31.4 Å². The van der Waals surface area contributed by atoms with Gasteiger partial charge in [0.25, 0.3) is 43.2 Å². The lowest BCUT2D eigenvalue weighted by Gasteiger charge is -2.16. The van der Waals surface area contributed by atoms with Crippen LogP contribution in [0.25, 0.3) is 11.1 Å². The summed E-state index contributed by atoms with van der Waals surface area (Å²) in [4.78, 5) is 61.3. The van der Waals surface area contributed by atoms with Gasteiger partial charge in [-0.2, -0.15) is 16.8 Å². The van der Waals surface area contributed by atoms with Gasteiger partial charge in [-0.05, 0) is 47.5 Å². The molecule has 0 atom stereocenters. The summed E-state index contributed by atoms with van der Waals surface area (Å²) in [6.07, 6.45) is 0. The minimum Gasteiger partial charge on any atom is -0.405 e. The van der Waals surface area contributed by atoms with Crippen molar-refractivity contribution in [1.82, 2.24) is 9.46 Å². The van der Waals surface area contributed by atoms with E-state index >= 15 is 0 Å². The van der Waals surface area contributed by atoms with Gasteiger partial charge < -0.3 is 20.3 Å². The lowest BCUT2D eigenvalue weighted by atomic mass is 10.0. The molecule has 0 saturated carbocycles. The molecule has 6 aromatic rings. The lowest BCUT2D eigenvalue weighted by molar-refractivity contribution is 0.0742. The topological polar surface area (TPSA) is 229 Å². The molecule has 0 unspecified atom stereocenters. The Bertz CT molecular complexity index is 2600. The predicted octanol–water partition coefficient (Wildman–Crippen LogP) is 3.93. The number of aromatic nitrogens is 2. The maximum absolute atomic E-state index is 13.3. The molecule has 2 heterocycles. The van der Waals surface area contributed by atoms with E-state index in [1.54, 1.807) is 60.7 Å². The van der Waals surface area contributed by atoms with Crippen molar-refractivity contribution in [3.8, 4) is 11.1 Å². The highest BCUT2D eigenvalue weighted by molar-refractivity contribution is 7.86. The number of amides is 2. The van der Waals surface area contributed by atoms with Crippen molar-refractivity contribution >= 4 is 43.4 Å². The van der Waals surface area contributed by atoms with Crippen LogP contribution >= 0.6 is 0 Å². The van der Waals surface area contributed by atoms with Crippen LogP contribution in [-0.4, -0.2) is 47.2 Å². The van der Waals surface area contributed by atoms with Crippen LogP contribution in [-0.2, 0) is 33.5 Å². The van der Waals surface area contributed by atoms with E-state index in [-0.39, 0.29) is 36.0 Å². The van der Waals surface area contributed by atoms with E-state index in [1.807, 2.05) is 0 Å². The number of benzene rings is 4. The number of nitrogens with zero attached hydrogens (tertiary/aromatic N) is 2. The van der Waals surface area contributed by atoms with Crippen LogP contribution in [0.2, 0.25) is 0 Å². The molecule has 2 amide bonds. The molecule has 0 fully saturated rings. The van der Waals surface area contributed by atoms with Crippen LogP contribution in [0.3, 0.4) is 0 Å². The van der Waals surface area contributed by atoms with Gasteiger partial charge >= 0.3 is 0 Å². The molecule has 0 aliphatic heterocycles. The standard InChI is InChI=1S/C38H30N4O12S2/c43-35-15-7-13-31(41(35)53-23-25-9-3-1-4-10-25)37(45)39-27-17-19-29(33(21-27)55(47,48)49)30-20-18-28(22-34(30)56(50,51)52)40-38(46)32-14-8-16-36(44)42(32)54-24-26-11-5-2-6-12-26/h1-22H,23-24H2,(H,39,45)(H,40,46)(H,47,48,49)(H,50,51,52). The van der Waals surface area contributed by atoms with Crippen molar-refractivity contribution in [3.63, 3.8) is 0 Å². The van der Waals surface area contributed by atoms with Crippen molar-refractivity contribution in [3.05, 3.63) is 177 Å². The second-order valence-electron chi connectivity index (χ2n) is 11.9. The second kappa shape index (κ2) is 16.2. The van der Waals surface area contributed by atoms with E-state index in [4.69, 9.17) is 9.68 Å². The van der Waals surface area contributed by atoms with E-state index in [9.17, 15) is 45.1 Å². The number of rotatable bonds is 13. The van der Waals surface area contributed by atoms with Gasteiger partial charge in [-0.1, -0.05) is 84.9 Å². The molecule has 6 rings (SSSR count). The van der Waals surface area contributed by atoms with Crippen molar-refractivity contribution in [2.75, 3.05) is 10.6 Å². The highest BCUT2D eigenvalue weighted by atomic mass is 32.2. The Balaban J connectivity index is 1.29. The van der Waals surface area contributed by atoms with E-state index in [0.29, 0.717) is 11.1 Å². The number of hydrogen-bond acceptors (Lipinski definition) is 10. The molecule has 0 radical (unpaired) electrons. The molecule has 286 valence electrons. The largest absolute Gasteiger partial charge is 0.405 e.